The summed E-state index contributed by atoms with van der Waals surface area (Å²) >= 11 is 0. The first-order chi connectivity index (χ1) is 7.09. The van der Waals surface area contributed by atoms with E-state index in [1.165, 1.54) is 6.07 Å². The van der Waals surface area contributed by atoms with E-state index in [0.29, 0.717) is 5.52 Å². The molecule has 0 spiro atoms. The van der Waals surface area contributed by atoms with Gasteiger partial charge in [0.25, 0.3) is 0 Å². The van der Waals surface area contributed by atoms with Crippen molar-refractivity contribution < 1.29 is 24.9 Å². The van der Waals surface area contributed by atoms with Gasteiger partial charge >= 0.3 is 6.16 Å². The number of phenolic OH excluding ortho intramolecular Hbond substituents is 1. The molecule has 0 unspecified atom stereocenters. The van der Waals surface area contributed by atoms with Crippen molar-refractivity contribution in [3.05, 3.63) is 18.2 Å². The third kappa shape index (κ3) is 1.41. The monoisotopic (exact) mass is 209 g/mol. The van der Waals surface area contributed by atoms with Crippen molar-refractivity contribution in [2.75, 3.05) is 0 Å². The Labute approximate surface area is 83.3 Å². The number of hydrogen-bond acceptors (Lipinski definition) is 4. The van der Waals surface area contributed by atoms with Crippen LogP contribution in [0.25, 0.3) is 10.9 Å². The van der Waals surface area contributed by atoms with Gasteiger partial charge in [-0.3, -0.25) is 0 Å². The van der Waals surface area contributed by atoms with E-state index in [9.17, 15) is 15.0 Å². The third-order valence-corrected chi connectivity index (χ3v) is 1.93. The predicted molar refractivity (Wildman–Crippen MR) is 50.3 cm³/mol. The van der Waals surface area contributed by atoms with Crippen LogP contribution in [0.3, 0.4) is 0 Å². The molecular weight excluding hydrogens is 202 g/mol. The summed E-state index contributed by atoms with van der Waals surface area (Å²) in [5.41, 5.74) is 0.392. The minimum absolute atomic E-state index is 0.133. The Hall–Kier alpha value is -2.37. The number of benzene rings is 1. The molecule has 1 aromatic carbocycles. The molecule has 2 aromatic rings. The van der Waals surface area contributed by atoms with Gasteiger partial charge in [0, 0.05) is 0 Å². The number of carboxylic acid groups (broad SMARTS) is 1. The molecule has 1 heterocycles. The molecule has 0 aliphatic rings. The average molecular weight is 209 g/mol. The summed E-state index contributed by atoms with van der Waals surface area (Å²) in [6.07, 6.45) is -1.55. The maximum absolute atomic E-state index is 10.3. The van der Waals surface area contributed by atoms with Gasteiger partial charge in [-0.05, 0) is 12.1 Å². The van der Waals surface area contributed by atoms with Gasteiger partial charge in [0.1, 0.15) is 5.75 Å². The van der Waals surface area contributed by atoms with Crippen molar-refractivity contribution in [2.45, 2.75) is 0 Å². The zero-order chi connectivity index (χ0) is 11.0. The average Bonchev–Trinajstić information content (AvgIpc) is 2.44. The Kier molecular flexibility index (Phi) is 1.89. The molecule has 0 aliphatic carbocycles. The van der Waals surface area contributed by atoms with E-state index in [1.807, 2.05) is 0 Å². The first-order valence-corrected chi connectivity index (χ1v) is 4.03. The van der Waals surface area contributed by atoms with Crippen LogP contribution < -0.4 is 4.74 Å². The summed E-state index contributed by atoms with van der Waals surface area (Å²) in [5, 5.41) is 27.5. The second kappa shape index (κ2) is 3.09. The van der Waals surface area contributed by atoms with Gasteiger partial charge in [0.15, 0.2) is 5.75 Å². The summed E-state index contributed by atoms with van der Waals surface area (Å²) in [4.78, 5) is 12.8. The SMILES string of the molecule is O=C(O)Oc1[nH]c2cccc(O)c2c1O. The molecule has 0 bridgehead atoms. The quantitative estimate of drug-likeness (QED) is 0.534. The van der Waals surface area contributed by atoms with Gasteiger partial charge in [-0.25, -0.2) is 4.79 Å². The highest BCUT2D eigenvalue weighted by molar-refractivity contribution is 5.94. The van der Waals surface area contributed by atoms with Crippen LogP contribution >= 0.6 is 0 Å². The Morgan fingerprint density at radius 3 is 2.67 bits per heavy atom. The molecule has 2 rings (SSSR count). The molecular formula is C9H7NO5. The van der Waals surface area contributed by atoms with E-state index in [2.05, 4.69) is 9.72 Å². The maximum atomic E-state index is 10.3. The summed E-state index contributed by atoms with van der Waals surface area (Å²) in [7, 11) is 0. The molecule has 15 heavy (non-hydrogen) atoms. The summed E-state index contributed by atoms with van der Waals surface area (Å²) in [6.45, 7) is 0. The van der Waals surface area contributed by atoms with Crippen LogP contribution in [-0.4, -0.2) is 26.5 Å². The van der Waals surface area contributed by atoms with E-state index < -0.39 is 11.9 Å². The van der Waals surface area contributed by atoms with E-state index in [4.69, 9.17) is 5.11 Å². The molecule has 1 aromatic heterocycles. The number of aromatic nitrogens is 1. The number of carbonyl (C=O) groups is 1. The number of rotatable bonds is 1. The van der Waals surface area contributed by atoms with E-state index in [1.54, 1.807) is 12.1 Å². The van der Waals surface area contributed by atoms with Gasteiger partial charge in [-0.15, -0.1) is 0 Å². The Morgan fingerprint density at radius 2 is 2.07 bits per heavy atom. The van der Waals surface area contributed by atoms with Gasteiger partial charge in [-0.2, -0.15) is 0 Å². The molecule has 6 nitrogen and oxygen atoms in total. The summed E-state index contributed by atoms with van der Waals surface area (Å²) < 4.78 is 4.28. The largest absolute Gasteiger partial charge is 0.512 e. The number of aromatic hydroxyl groups is 2. The van der Waals surface area contributed by atoms with E-state index in [0.717, 1.165) is 0 Å². The third-order valence-electron chi connectivity index (χ3n) is 1.93. The molecule has 0 fully saturated rings. The zero-order valence-corrected chi connectivity index (χ0v) is 7.39. The topological polar surface area (TPSA) is 103 Å². The molecule has 78 valence electrons. The highest BCUT2D eigenvalue weighted by Gasteiger charge is 2.16. The van der Waals surface area contributed by atoms with Crippen LogP contribution in [0.1, 0.15) is 0 Å². The van der Waals surface area contributed by atoms with Crippen LogP contribution in [0.15, 0.2) is 18.2 Å². The molecule has 4 N–H and O–H groups in total. The molecule has 0 radical (unpaired) electrons. The number of phenols is 1. The van der Waals surface area contributed by atoms with Crippen molar-refractivity contribution in [1.29, 1.82) is 0 Å². The normalized spacial score (nSPS) is 10.4. The predicted octanol–water partition coefficient (Wildman–Crippen LogP) is 1.64. The highest BCUT2D eigenvalue weighted by atomic mass is 16.7. The molecule has 0 amide bonds. The second-order valence-corrected chi connectivity index (χ2v) is 2.87. The van der Waals surface area contributed by atoms with Crippen LogP contribution in [0, 0.1) is 0 Å². The standard InChI is InChI=1S/C9H7NO5/c11-5-3-1-2-4-6(5)7(12)8(10-4)15-9(13)14/h1-3,10-12H,(H,13,14). The number of hydrogen-bond donors (Lipinski definition) is 4. The van der Waals surface area contributed by atoms with Gasteiger partial charge in [0.2, 0.25) is 5.88 Å². The van der Waals surface area contributed by atoms with E-state index >= 15 is 0 Å². The van der Waals surface area contributed by atoms with Crippen LogP contribution in [0.4, 0.5) is 4.79 Å². The van der Waals surface area contributed by atoms with Gasteiger partial charge in [0.05, 0.1) is 10.9 Å². The van der Waals surface area contributed by atoms with Crippen molar-refractivity contribution in [1.82, 2.24) is 4.98 Å². The number of nitrogens with one attached hydrogen (secondary N) is 1. The lowest BCUT2D eigenvalue weighted by Gasteiger charge is -1.95. The van der Waals surface area contributed by atoms with Gasteiger partial charge < -0.3 is 25.0 Å². The smallest absolute Gasteiger partial charge is 0.507 e. The fourth-order valence-electron chi connectivity index (χ4n) is 1.35. The van der Waals surface area contributed by atoms with Gasteiger partial charge in [-0.1, -0.05) is 6.07 Å². The summed E-state index contributed by atoms with van der Waals surface area (Å²) in [6, 6.07) is 4.50. The first kappa shape index (κ1) is 9.20. The van der Waals surface area contributed by atoms with Crippen molar-refractivity contribution >= 4 is 17.1 Å². The Morgan fingerprint density at radius 1 is 1.33 bits per heavy atom. The van der Waals surface area contributed by atoms with Crippen molar-refractivity contribution in [3.63, 3.8) is 0 Å². The summed E-state index contributed by atoms with van der Waals surface area (Å²) in [5.74, 6) is -0.883. The first-order valence-electron chi connectivity index (χ1n) is 4.03. The number of H-pyrrole nitrogens is 1. The second-order valence-electron chi connectivity index (χ2n) is 2.87. The van der Waals surface area contributed by atoms with E-state index in [-0.39, 0.29) is 17.0 Å². The zero-order valence-electron chi connectivity index (χ0n) is 7.39. The fraction of sp³-hybridized carbons (Fsp3) is 0. The fourth-order valence-corrected chi connectivity index (χ4v) is 1.35. The van der Waals surface area contributed by atoms with Crippen molar-refractivity contribution in [3.8, 4) is 17.4 Å². The molecule has 0 saturated carbocycles. The minimum Gasteiger partial charge on any atom is -0.507 e. The number of ether oxygens (including phenoxy) is 1. The number of aromatic amines is 1. The van der Waals surface area contributed by atoms with Crippen LogP contribution in [0.2, 0.25) is 0 Å². The molecule has 0 aliphatic heterocycles. The molecule has 0 atom stereocenters. The number of fused-ring (bicyclic) bond motifs is 1. The lowest BCUT2D eigenvalue weighted by atomic mass is 10.2. The Bertz CT molecular complexity index is 531. The highest BCUT2D eigenvalue weighted by Crippen LogP contribution is 2.39. The Balaban J connectivity index is 2.64. The molecule has 6 heteroatoms. The van der Waals surface area contributed by atoms with Crippen molar-refractivity contribution in [2.24, 2.45) is 0 Å². The van der Waals surface area contributed by atoms with Crippen LogP contribution in [0.5, 0.6) is 17.4 Å². The van der Waals surface area contributed by atoms with Crippen LogP contribution in [-0.2, 0) is 0 Å². The lowest BCUT2D eigenvalue weighted by molar-refractivity contribution is 0.141. The lowest BCUT2D eigenvalue weighted by Crippen LogP contribution is -2.02. The maximum Gasteiger partial charge on any atom is 0.512 e. The molecule has 0 saturated heterocycles. The minimum atomic E-state index is -1.55.